The maximum atomic E-state index is 12.5. The standard InChI is InChI=1S/C19H26N2O3/c1-13-3-2-4-14(11-13)12-17(22)21-8-5-15(6-9-21)18-16(19(20)23)7-10-24-18/h2-4,11,15-16,18H,5-10,12H2,1H3,(H2,20,23)/t16-,18+/m0/s1. The molecule has 3 rings (SSSR count). The van der Waals surface area contributed by atoms with Crippen LogP contribution in [0.25, 0.3) is 0 Å². The van der Waals surface area contributed by atoms with Crippen LogP contribution in [0.1, 0.15) is 30.4 Å². The fourth-order valence-electron chi connectivity index (χ4n) is 3.97. The van der Waals surface area contributed by atoms with E-state index >= 15 is 0 Å². The lowest BCUT2D eigenvalue weighted by Gasteiger charge is -2.35. The number of ether oxygens (including phenoxy) is 1. The second-order valence-electron chi connectivity index (χ2n) is 7.02. The van der Waals surface area contributed by atoms with Crippen LogP contribution < -0.4 is 5.73 Å². The predicted molar refractivity (Wildman–Crippen MR) is 91.2 cm³/mol. The number of primary amides is 1. The number of carbonyl (C=O) groups excluding carboxylic acids is 2. The molecule has 2 N–H and O–H groups in total. The average Bonchev–Trinajstić information content (AvgIpc) is 3.05. The molecule has 2 atom stereocenters. The van der Waals surface area contributed by atoms with E-state index in [9.17, 15) is 9.59 Å². The number of piperidine rings is 1. The molecule has 0 aromatic heterocycles. The molecule has 5 heteroatoms. The Morgan fingerprint density at radius 3 is 2.67 bits per heavy atom. The third-order valence-corrected chi connectivity index (χ3v) is 5.30. The molecule has 2 amide bonds. The van der Waals surface area contributed by atoms with Gasteiger partial charge in [-0.3, -0.25) is 9.59 Å². The van der Waals surface area contributed by atoms with Crippen LogP contribution in [0.15, 0.2) is 24.3 Å². The summed E-state index contributed by atoms with van der Waals surface area (Å²) < 4.78 is 5.77. The molecule has 0 saturated carbocycles. The Morgan fingerprint density at radius 2 is 2.00 bits per heavy atom. The van der Waals surface area contributed by atoms with Gasteiger partial charge in [-0.1, -0.05) is 29.8 Å². The number of aryl methyl sites for hydroxylation is 1. The second-order valence-corrected chi connectivity index (χ2v) is 7.02. The maximum absolute atomic E-state index is 12.5. The van der Waals surface area contributed by atoms with Crippen molar-refractivity contribution in [1.82, 2.24) is 4.90 Å². The summed E-state index contributed by atoms with van der Waals surface area (Å²) in [6, 6.07) is 8.09. The highest BCUT2D eigenvalue weighted by Crippen LogP contribution is 2.33. The molecule has 2 saturated heterocycles. The largest absolute Gasteiger partial charge is 0.377 e. The van der Waals surface area contributed by atoms with Crippen molar-refractivity contribution in [3.63, 3.8) is 0 Å². The highest BCUT2D eigenvalue weighted by molar-refractivity contribution is 5.79. The summed E-state index contributed by atoms with van der Waals surface area (Å²) in [7, 11) is 0. The van der Waals surface area contributed by atoms with E-state index in [1.165, 1.54) is 5.56 Å². The molecule has 130 valence electrons. The number of hydrogen-bond acceptors (Lipinski definition) is 3. The number of nitrogens with zero attached hydrogens (tertiary/aromatic N) is 1. The lowest BCUT2D eigenvalue weighted by Crippen LogP contribution is -2.44. The zero-order valence-corrected chi connectivity index (χ0v) is 14.2. The number of rotatable bonds is 4. The zero-order valence-electron chi connectivity index (χ0n) is 14.2. The Labute approximate surface area is 143 Å². The van der Waals surface area contributed by atoms with E-state index in [2.05, 4.69) is 6.07 Å². The first-order valence-electron chi connectivity index (χ1n) is 8.79. The van der Waals surface area contributed by atoms with Crippen molar-refractivity contribution in [3.8, 4) is 0 Å². The summed E-state index contributed by atoms with van der Waals surface area (Å²) in [5.74, 6) is 0.0888. The number of carbonyl (C=O) groups is 2. The summed E-state index contributed by atoms with van der Waals surface area (Å²) in [6.07, 6.45) is 2.89. The summed E-state index contributed by atoms with van der Waals surface area (Å²) in [6.45, 7) is 4.13. The van der Waals surface area contributed by atoms with Gasteiger partial charge in [0.05, 0.1) is 18.4 Å². The van der Waals surface area contributed by atoms with Crippen LogP contribution in [0.2, 0.25) is 0 Å². The monoisotopic (exact) mass is 330 g/mol. The van der Waals surface area contributed by atoms with Crippen LogP contribution >= 0.6 is 0 Å². The van der Waals surface area contributed by atoms with Crippen LogP contribution in [-0.2, 0) is 20.7 Å². The highest BCUT2D eigenvalue weighted by Gasteiger charge is 2.39. The van der Waals surface area contributed by atoms with Gasteiger partial charge in [0.1, 0.15) is 0 Å². The summed E-state index contributed by atoms with van der Waals surface area (Å²) >= 11 is 0. The van der Waals surface area contributed by atoms with Crippen molar-refractivity contribution in [2.45, 2.75) is 38.7 Å². The quantitative estimate of drug-likeness (QED) is 0.912. The van der Waals surface area contributed by atoms with E-state index in [0.717, 1.165) is 37.9 Å². The molecule has 2 aliphatic rings. The molecular weight excluding hydrogens is 304 g/mol. The Balaban J connectivity index is 1.53. The number of hydrogen-bond donors (Lipinski definition) is 1. The minimum absolute atomic E-state index is 0.0588. The Bertz CT molecular complexity index is 608. The molecule has 24 heavy (non-hydrogen) atoms. The van der Waals surface area contributed by atoms with E-state index in [1.54, 1.807) is 0 Å². The molecule has 1 aromatic carbocycles. The zero-order chi connectivity index (χ0) is 17.1. The molecule has 0 aliphatic carbocycles. The van der Waals surface area contributed by atoms with Gasteiger partial charge in [-0.25, -0.2) is 0 Å². The van der Waals surface area contributed by atoms with Gasteiger partial charge in [0.15, 0.2) is 0 Å². The topological polar surface area (TPSA) is 72.6 Å². The normalized spacial score (nSPS) is 25.0. The molecule has 0 bridgehead atoms. The van der Waals surface area contributed by atoms with Crippen LogP contribution in [0.4, 0.5) is 0 Å². The molecule has 0 spiro atoms. The number of nitrogens with two attached hydrogens (primary N) is 1. The van der Waals surface area contributed by atoms with Gasteiger partial charge in [0.2, 0.25) is 11.8 Å². The van der Waals surface area contributed by atoms with Crippen molar-refractivity contribution in [2.24, 2.45) is 17.6 Å². The molecule has 0 radical (unpaired) electrons. The van der Waals surface area contributed by atoms with E-state index in [0.29, 0.717) is 18.9 Å². The summed E-state index contributed by atoms with van der Waals surface area (Å²) in [5, 5.41) is 0. The summed E-state index contributed by atoms with van der Waals surface area (Å²) in [4.78, 5) is 26.0. The first kappa shape index (κ1) is 17.0. The van der Waals surface area contributed by atoms with Gasteiger partial charge in [0.25, 0.3) is 0 Å². The van der Waals surface area contributed by atoms with Crippen LogP contribution in [0.3, 0.4) is 0 Å². The maximum Gasteiger partial charge on any atom is 0.226 e. The van der Waals surface area contributed by atoms with E-state index in [1.807, 2.05) is 30.0 Å². The first-order valence-corrected chi connectivity index (χ1v) is 8.79. The van der Waals surface area contributed by atoms with Crippen molar-refractivity contribution in [3.05, 3.63) is 35.4 Å². The van der Waals surface area contributed by atoms with Crippen molar-refractivity contribution >= 4 is 11.8 Å². The Morgan fingerprint density at radius 1 is 1.25 bits per heavy atom. The highest BCUT2D eigenvalue weighted by atomic mass is 16.5. The minimum atomic E-state index is -0.254. The minimum Gasteiger partial charge on any atom is -0.377 e. The lowest BCUT2D eigenvalue weighted by molar-refractivity contribution is -0.133. The number of likely N-dealkylation sites (tertiary alicyclic amines) is 1. The van der Waals surface area contributed by atoms with Crippen molar-refractivity contribution < 1.29 is 14.3 Å². The molecule has 2 heterocycles. The molecule has 0 unspecified atom stereocenters. The van der Waals surface area contributed by atoms with Gasteiger partial charge in [-0.05, 0) is 37.7 Å². The van der Waals surface area contributed by atoms with Crippen molar-refractivity contribution in [1.29, 1.82) is 0 Å². The van der Waals surface area contributed by atoms with Crippen LogP contribution in [0, 0.1) is 18.8 Å². The third kappa shape index (κ3) is 3.78. The number of benzene rings is 1. The van der Waals surface area contributed by atoms with E-state index in [4.69, 9.17) is 10.5 Å². The van der Waals surface area contributed by atoms with Gasteiger partial charge in [-0.15, -0.1) is 0 Å². The first-order chi connectivity index (χ1) is 11.5. The van der Waals surface area contributed by atoms with Gasteiger partial charge >= 0.3 is 0 Å². The molecule has 1 aromatic rings. The van der Waals surface area contributed by atoms with E-state index < -0.39 is 0 Å². The third-order valence-electron chi connectivity index (χ3n) is 5.30. The Kier molecular flexibility index (Phi) is 5.19. The van der Waals surface area contributed by atoms with Gasteiger partial charge < -0.3 is 15.4 Å². The van der Waals surface area contributed by atoms with Gasteiger partial charge in [-0.2, -0.15) is 0 Å². The fourth-order valence-corrected chi connectivity index (χ4v) is 3.97. The van der Waals surface area contributed by atoms with E-state index in [-0.39, 0.29) is 23.8 Å². The molecule has 2 aliphatic heterocycles. The molecular formula is C19H26N2O3. The summed E-state index contributed by atoms with van der Waals surface area (Å²) in [5.41, 5.74) is 7.73. The SMILES string of the molecule is Cc1cccc(CC(=O)N2CCC([C@H]3OCC[C@@H]3C(N)=O)CC2)c1. The second kappa shape index (κ2) is 7.34. The van der Waals surface area contributed by atoms with Crippen LogP contribution in [-0.4, -0.2) is 42.5 Å². The molecule has 2 fully saturated rings. The fraction of sp³-hybridized carbons (Fsp3) is 0.579. The predicted octanol–water partition coefficient (Wildman–Crippen LogP) is 1.67. The smallest absolute Gasteiger partial charge is 0.226 e. The van der Waals surface area contributed by atoms with Gasteiger partial charge in [0, 0.05) is 19.7 Å². The molecule has 5 nitrogen and oxygen atoms in total. The lowest BCUT2D eigenvalue weighted by atomic mass is 9.84. The Hall–Kier alpha value is -1.88. The van der Waals surface area contributed by atoms with Crippen LogP contribution in [0.5, 0.6) is 0 Å². The van der Waals surface area contributed by atoms with Crippen molar-refractivity contribution in [2.75, 3.05) is 19.7 Å². The number of amides is 2. The average molecular weight is 330 g/mol.